The lowest BCUT2D eigenvalue weighted by Crippen LogP contribution is -2.36. The Morgan fingerprint density at radius 1 is 1.33 bits per heavy atom. The van der Waals surface area contributed by atoms with Gasteiger partial charge in [-0.1, -0.05) is 0 Å². The Morgan fingerprint density at radius 2 is 2.04 bits per heavy atom. The molecule has 1 aromatic carbocycles. The third-order valence-electron chi connectivity index (χ3n) is 3.51. The Kier molecular flexibility index (Phi) is 5.95. The maximum absolute atomic E-state index is 12.1. The zero-order valence-electron chi connectivity index (χ0n) is 14.4. The fourth-order valence-electron chi connectivity index (χ4n) is 2.41. The van der Waals surface area contributed by atoms with Crippen molar-refractivity contribution in [3.8, 4) is 5.75 Å². The van der Waals surface area contributed by atoms with Crippen molar-refractivity contribution < 1.29 is 19.1 Å². The van der Waals surface area contributed by atoms with Crippen LogP contribution in [0, 0.1) is 3.57 Å². The van der Waals surface area contributed by atoms with Gasteiger partial charge in [-0.3, -0.25) is 4.79 Å². The molecule has 0 saturated carbocycles. The molecule has 1 aliphatic heterocycles. The second kappa shape index (κ2) is 7.58. The number of carbonyl (C=O) groups is 2. The third kappa shape index (κ3) is 4.99. The van der Waals surface area contributed by atoms with Crippen LogP contribution in [0.2, 0.25) is 0 Å². The highest BCUT2D eigenvalue weighted by Crippen LogP contribution is 2.26. The minimum atomic E-state index is -0.516. The number of benzene rings is 1. The van der Waals surface area contributed by atoms with Crippen LogP contribution in [0.15, 0.2) is 18.2 Å². The molecule has 0 radical (unpaired) electrons. The first-order valence-corrected chi connectivity index (χ1v) is 8.93. The molecule has 1 saturated heterocycles. The lowest BCUT2D eigenvalue weighted by atomic mass is 10.2. The van der Waals surface area contributed by atoms with Crippen LogP contribution in [-0.4, -0.2) is 48.7 Å². The maximum Gasteiger partial charge on any atom is 0.410 e. The molecule has 1 N–H and O–H groups in total. The summed E-state index contributed by atoms with van der Waals surface area (Å²) in [6.07, 6.45) is 0.222. The highest BCUT2D eigenvalue weighted by Gasteiger charge is 2.31. The molecule has 0 spiro atoms. The van der Waals surface area contributed by atoms with Gasteiger partial charge >= 0.3 is 6.09 Å². The monoisotopic (exact) mass is 446 g/mol. The summed E-state index contributed by atoms with van der Waals surface area (Å²) in [6.45, 7) is 6.57. The first-order chi connectivity index (χ1) is 11.2. The van der Waals surface area contributed by atoms with E-state index in [1.165, 1.54) is 0 Å². The molecular formula is C17H23IN2O4. The van der Waals surface area contributed by atoms with E-state index in [0.717, 1.165) is 3.57 Å². The molecule has 24 heavy (non-hydrogen) atoms. The number of ether oxygens (including phenoxy) is 2. The van der Waals surface area contributed by atoms with Crippen LogP contribution in [0.25, 0.3) is 0 Å². The van der Waals surface area contributed by atoms with E-state index in [1.807, 2.05) is 32.9 Å². The first-order valence-electron chi connectivity index (χ1n) is 7.86. The van der Waals surface area contributed by atoms with Crippen molar-refractivity contribution >= 4 is 34.6 Å². The van der Waals surface area contributed by atoms with Crippen molar-refractivity contribution in [3.63, 3.8) is 0 Å². The van der Waals surface area contributed by atoms with Gasteiger partial charge in [0.15, 0.2) is 0 Å². The molecule has 2 amide bonds. The van der Waals surface area contributed by atoms with Crippen molar-refractivity contribution in [3.05, 3.63) is 27.3 Å². The summed E-state index contributed by atoms with van der Waals surface area (Å²) < 4.78 is 12.4. The van der Waals surface area contributed by atoms with Gasteiger partial charge in [-0.25, -0.2) is 4.79 Å². The smallest absolute Gasteiger partial charge is 0.410 e. The van der Waals surface area contributed by atoms with Crippen molar-refractivity contribution in [1.29, 1.82) is 0 Å². The molecule has 0 unspecified atom stereocenters. The summed E-state index contributed by atoms with van der Waals surface area (Å²) in [4.78, 5) is 25.7. The van der Waals surface area contributed by atoms with Crippen molar-refractivity contribution in [2.24, 2.45) is 0 Å². The third-order valence-corrected chi connectivity index (χ3v) is 4.18. The van der Waals surface area contributed by atoms with Gasteiger partial charge in [0.05, 0.1) is 12.1 Å². The van der Waals surface area contributed by atoms with Crippen molar-refractivity contribution in [1.82, 2.24) is 10.2 Å². The van der Waals surface area contributed by atoms with Crippen LogP contribution in [0.1, 0.15) is 37.6 Å². The van der Waals surface area contributed by atoms with Gasteiger partial charge in [-0.2, -0.15) is 0 Å². The number of nitrogens with zero attached hydrogens (tertiary/aromatic N) is 1. The Hall–Kier alpha value is -1.51. The first kappa shape index (κ1) is 18.8. The summed E-state index contributed by atoms with van der Waals surface area (Å²) in [5.74, 6) is 0.348. The van der Waals surface area contributed by atoms with Gasteiger partial charge in [0, 0.05) is 23.6 Å². The number of likely N-dealkylation sites (tertiary alicyclic amines) is 1. The van der Waals surface area contributed by atoms with Crippen LogP contribution in [0.5, 0.6) is 5.75 Å². The van der Waals surface area contributed by atoms with E-state index in [0.29, 0.717) is 30.8 Å². The predicted octanol–water partition coefficient (Wildman–Crippen LogP) is 3.04. The molecule has 7 heteroatoms. The minimum absolute atomic E-state index is 0.154. The molecular weight excluding hydrogens is 423 g/mol. The zero-order chi connectivity index (χ0) is 17.9. The Labute approximate surface area is 156 Å². The van der Waals surface area contributed by atoms with E-state index in [1.54, 1.807) is 18.0 Å². The van der Waals surface area contributed by atoms with E-state index in [4.69, 9.17) is 9.47 Å². The fraction of sp³-hybridized carbons (Fsp3) is 0.529. The van der Waals surface area contributed by atoms with Gasteiger partial charge in [-0.15, -0.1) is 0 Å². The second-order valence-corrected chi connectivity index (χ2v) is 7.92. The minimum Gasteiger partial charge on any atom is -0.488 e. The van der Waals surface area contributed by atoms with Crippen LogP contribution in [0.3, 0.4) is 0 Å². The van der Waals surface area contributed by atoms with E-state index >= 15 is 0 Å². The standard InChI is InChI=1S/C17H23IN2O4/c1-17(2,3)24-16(22)20-8-7-12(10-20)23-14-9-11(18)5-6-13(14)15(21)19-4/h5-6,9,12H,7-8,10H2,1-4H3,(H,19,21)/t12-/m0/s1. The number of rotatable bonds is 3. The Balaban J connectivity index is 2.04. The number of carbonyl (C=O) groups excluding carboxylic acids is 2. The quantitative estimate of drug-likeness (QED) is 0.726. The molecule has 1 heterocycles. The average molecular weight is 446 g/mol. The van der Waals surface area contributed by atoms with Gasteiger partial charge < -0.3 is 19.7 Å². The van der Waals surface area contributed by atoms with Gasteiger partial charge in [0.1, 0.15) is 17.5 Å². The van der Waals surface area contributed by atoms with E-state index in [2.05, 4.69) is 27.9 Å². The summed E-state index contributed by atoms with van der Waals surface area (Å²) in [7, 11) is 1.59. The largest absolute Gasteiger partial charge is 0.488 e. The lowest BCUT2D eigenvalue weighted by Gasteiger charge is -2.24. The molecule has 1 atom stereocenters. The molecule has 1 aromatic rings. The fourth-order valence-corrected chi connectivity index (χ4v) is 2.87. The van der Waals surface area contributed by atoms with Gasteiger partial charge in [0.2, 0.25) is 0 Å². The van der Waals surface area contributed by atoms with Crippen LogP contribution in [0.4, 0.5) is 4.79 Å². The number of halogens is 1. The second-order valence-electron chi connectivity index (χ2n) is 6.67. The normalized spacial score (nSPS) is 17.5. The summed E-state index contributed by atoms with van der Waals surface area (Å²) in [5.41, 5.74) is -0.0218. The van der Waals surface area contributed by atoms with E-state index in [-0.39, 0.29) is 18.1 Å². The molecule has 2 rings (SSSR count). The highest BCUT2D eigenvalue weighted by molar-refractivity contribution is 14.1. The molecule has 0 bridgehead atoms. The Morgan fingerprint density at radius 3 is 2.67 bits per heavy atom. The number of nitrogens with one attached hydrogen (secondary N) is 1. The summed E-state index contributed by atoms with van der Waals surface area (Å²) in [5, 5.41) is 2.61. The molecule has 0 aromatic heterocycles. The molecule has 6 nitrogen and oxygen atoms in total. The maximum atomic E-state index is 12.1. The number of hydrogen-bond acceptors (Lipinski definition) is 4. The molecule has 0 aliphatic carbocycles. The van der Waals surface area contributed by atoms with Gasteiger partial charge in [0.25, 0.3) is 5.91 Å². The number of hydrogen-bond donors (Lipinski definition) is 1. The van der Waals surface area contributed by atoms with Crippen LogP contribution in [-0.2, 0) is 4.74 Å². The SMILES string of the molecule is CNC(=O)c1ccc(I)cc1O[C@H]1CCN(C(=O)OC(C)(C)C)C1. The zero-order valence-corrected chi connectivity index (χ0v) is 16.5. The highest BCUT2D eigenvalue weighted by atomic mass is 127. The van der Waals surface area contributed by atoms with Crippen molar-refractivity contribution in [2.45, 2.75) is 38.9 Å². The van der Waals surface area contributed by atoms with Crippen LogP contribution < -0.4 is 10.1 Å². The molecule has 1 aliphatic rings. The topological polar surface area (TPSA) is 67.9 Å². The van der Waals surface area contributed by atoms with E-state index in [9.17, 15) is 9.59 Å². The van der Waals surface area contributed by atoms with E-state index < -0.39 is 5.60 Å². The molecule has 1 fully saturated rings. The van der Waals surface area contributed by atoms with Crippen LogP contribution >= 0.6 is 22.6 Å². The summed E-state index contributed by atoms with van der Waals surface area (Å²) in [6, 6.07) is 5.44. The number of amides is 2. The predicted molar refractivity (Wildman–Crippen MR) is 99.4 cm³/mol. The van der Waals surface area contributed by atoms with Gasteiger partial charge in [-0.05, 0) is 61.6 Å². The average Bonchev–Trinajstić information content (AvgIpc) is 2.93. The Bertz CT molecular complexity index is 628. The molecule has 132 valence electrons. The summed E-state index contributed by atoms with van der Waals surface area (Å²) >= 11 is 2.18. The lowest BCUT2D eigenvalue weighted by molar-refractivity contribution is 0.0275. The van der Waals surface area contributed by atoms with Crippen molar-refractivity contribution in [2.75, 3.05) is 20.1 Å².